The first-order valence-corrected chi connectivity index (χ1v) is 8.16. The summed E-state index contributed by atoms with van der Waals surface area (Å²) in [6.07, 6.45) is 6.49. The summed E-state index contributed by atoms with van der Waals surface area (Å²) in [5.41, 5.74) is 5.59. The number of unbranched alkanes of at least 4 members (excludes halogenated alkanes) is 4. The number of anilines is 3. The minimum Gasteiger partial charge on any atom is -0.368 e. The molecule has 1 aromatic rings. The van der Waals surface area contributed by atoms with Gasteiger partial charge in [0.1, 0.15) is 0 Å². The molecule has 23 heavy (non-hydrogen) atoms. The highest BCUT2D eigenvalue weighted by molar-refractivity contribution is 5.90. The highest BCUT2D eigenvalue weighted by Crippen LogP contribution is 2.09. The lowest BCUT2D eigenvalue weighted by atomic mass is 10.2. The van der Waals surface area contributed by atoms with Crippen molar-refractivity contribution in [3.05, 3.63) is 0 Å². The van der Waals surface area contributed by atoms with E-state index in [-0.39, 0.29) is 29.7 Å². The largest absolute Gasteiger partial charge is 0.368 e. The Labute approximate surface area is 136 Å². The minimum absolute atomic E-state index is 0.0484. The SMILES string of the molecule is CCCCCC(=O)Nc1nc(N)nc(NC(=O)CCCCC)n1. The first-order valence-electron chi connectivity index (χ1n) is 8.16. The van der Waals surface area contributed by atoms with Gasteiger partial charge in [-0.15, -0.1) is 0 Å². The average molecular weight is 322 g/mol. The lowest BCUT2D eigenvalue weighted by molar-refractivity contribution is -0.117. The van der Waals surface area contributed by atoms with Crippen molar-refractivity contribution >= 4 is 29.7 Å². The van der Waals surface area contributed by atoms with Crippen LogP contribution in [0.4, 0.5) is 17.8 Å². The number of hydrogen-bond acceptors (Lipinski definition) is 6. The molecule has 8 nitrogen and oxygen atoms in total. The summed E-state index contributed by atoms with van der Waals surface area (Å²) in [6, 6.07) is 0. The predicted octanol–water partition coefficient (Wildman–Crippen LogP) is 2.49. The van der Waals surface area contributed by atoms with Crippen molar-refractivity contribution in [2.75, 3.05) is 16.4 Å². The second-order valence-corrected chi connectivity index (χ2v) is 5.35. The van der Waals surface area contributed by atoms with E-state index >= 15 is 0 Å². The molecule has 0 aromatic carbocycles. The molecular formula is C15H26N6O2. The highest BCUT2D eigenvalue weighted by atomic mass is 16.2. The number of nitrogen functional groups attached to an aromatic ring is 1. The molecule has 0 fully saturated rings. The zero-order chi connectivity index (χ0) is 17.1. The Morgan fingerprint density at radius 2 is 1.26 bits per heavy atom. The molecule has 0 atom stereocenters. The summed E-state index contributed by atoms with van der Waals surface area (Å²) >= 11 is 0. The summed E-state index contributed by atoms with van der Waals surface area (Å²) in [5.74, 6) is -0.285. The molecule has 4 N–H and O–H groups in total. The van der Waals surface area contributed by atoms with Crippen LogP contribution in [0.2, 0.25) is 0 Å². The summed E-state index contributed by atoms with van der Waals surface area (Å²) in [4.78, 5) is 35.3. The van der Waals surface area contributed by atoms with E-state index in [0.717, 1.165) is 38.5 Å². The second-order valence-electron chi connectivity index (χ2n) is 5.35. The summed E-state index contributed by atoms with van der Waals surface area (Å²) in [7, 11) is 0. The van der Waals surface area contributed by atoms with Crippen molar-refractivity contribution < 1.29 is 9.59 Å². The molecule has 8 heteroatoms. The molecule has 1 aromatic heterocycles. The van der Waals surface area contributed by atoms with E-state index in [4.69, 9.17) is 5.73 Å². The van der Waals surface area contributed by atoms with Gasteiger partial charge in [0.25, 0.3) is 0 Å². The van der Waals surface area contributed by atoms with Crippen LogP contribution in [0.25, 0.3) is 0 Å². The Kier molecular flexibility index (Phi) is 8.56. The van der Waals surface area contributed by atoms with E-state index in [9.17, 15) is 9.59 Å². The smallest absolute Gasteiger partial charge is 0.236 e. The van der Waals surface area contributed by atoms with E-state index in [1.54, 1.807) is 0 Å². The molecule has 0 aliphatic heterocycles. The molecule has 0 saturated carbocycles. The highest BCUT2D eigenvalue weighted by Gasteiger charge is 2.10. The van der Waals surface area contributed by atoms with Gasteiger partial charge in [0.2, 0.25) is 29.7 Å². The molecule has 0 unspecified atom stereocenters. The molecule has 1 heterocycles. The van der Waals surface area contributed by atoms with E-state index in [2.05, 4.69) is 39.4 Å². The quantitative estimate of drug-likeness (QED) is 0.569. The monoisotopic (exact) mass is 322 g/mol. The van der Waals surface area contributed by atoms with Crippen LogP contribution in [0.3, 0.4) is 0 Å². The Hall–Kier alpha value is -2.25. The van der Waals surface area contributed by atoms with E-state index in [0.29, 0.717) is 12.8 Å². The van der Waals surface area contributed by atoms with Gasteiger partial charge in [0, 0.05) is 12.8 Å². The third kappa shape index (κ3) is 8.08. The average Bonchev–Trinajstić information content (AvgIpc) is 2.47. The molecular weight excluding hydrogens is 296 g/mol. The number of nitrogens with two attached hydrogens (primary N) is 1. The van der Waals surface area contributed by atoms with Crippen LogP contribution >= 0.6 is 0 Å². The maximum Gasteiger partial charge on any atom is 0.236 e. The van der Waals surface area contributed by atoms with Gasteiger partial charge in [0.15, 0.2) is 0 Å². The summed E-state index contributed by atoms with van der Waals surface area (Å²) in [5, 5.41) is 5.15. The van der Waals surface area contributed by atoms with Crippen molar-refractivity contribution in [3.8, 4) is 0 Å². The van der Waals surface area contributed by atoms with Crippen LogP contribution in [0.15, 0.2) is 0 Å². The Morgan fingerprint density at radius 3 is 1.65 bits per heavy atom. The van der Waals surface area contributed by atoms with Crippen molar-refractivity contribution in [2.24, 2.45) is 0 Å². The number of nitrogens with zero attached hydrogens (tertiary/aromatic N) is 3. The lowest BCUT2D eigenvalue weighted by Gasteiger charge is -2.07. The first kappa shape index (κ1) is 18.8. The Bertz CT molecular complexity index is 478. The van der Waals surface area contributed by atoms with Crippen molar-refractivity contribution in [2.45, 2.75) is 65.2 Å². The van der Waals surface area contributed by atoms with Crippen LogP contribution in [0.5, 0.6) is 0 Å². The normalized spacial score (nSPS) is 10.3. The van der Waals surface area contributed by atoms with Gasteiger partial charge in [-0.2, -0.15) is 15.0 Å². The topological polar surface area (TPSA) is 123 Å². The zero-order valence-corrected chi connectivity index (χ0v) is 13.9. The molecule has 0 aliphatic carbocycles. The molecule has 0 saturated heterocycles. The van der Waals surface area contributed by atoms with Crippen LogP contribution in [0, 0.1) is 0 Å². The fraction of sp³-hybridized carbons (Fsp3) is 0.667. The van der Waals surface area contributed by atoms with E-state index in [1.165, 1.54) is 0 Å². The van der Waals surface area contributed by atoms with E-state index < -0.39 is 0 Å². The maximum absolute atomic E-state index is 11.8. The van der Waals surface area contributed by atoms with Gasteiger partial charge < -0.3 is 5.73 Å². The van der Waals surface area contributed by atoms with Crippen molar-refractivity contribution in [1.29, 1.82) is 0 Å². The molecule has 128 valence electrons. The Balaban J connectivity index is 2.57. The molecule has 2 amide bonds. The number of rotatable bonds is 10. The van der Waals surface area contributed by atoms with Crippen LogP contribution < -0.4 is 16.4 Å². The van der Waals surface area contributed by atoms with Crippen LogP contribution in [-0.2, 0) is 9.59 Å². The predicted molar refractivity (Wildman–Crippen MR) is 89.8 cm³/mol. The lowest BCUT2D eigenvalue weighted by Crippen LogP contribution is -2.18. The van der Waals surface area contributed by atoms with Gasteiger partial charge in [-0.05, 0) is 12.8 Å². The van der Waals surface area contributed by atoms with Crippen LogP contribution in [0.1, 0.15) is 65.2 Å². The molecule has 0 bridgehead atoms. The van der Waals surface area contributed by atoms with Crippen molar-refractivity contribution in [1.82, 2.24) is 15.0 Å². The number of carbonyl (C=O) groups is 2. The fourth-order valence-electron chi connectivity index (χ4n) is 1.95. The minimum atomic E-state index is -0.177. The van der Waals surface area contributed by atoms with Crippen molar-refractivity contribution in [3.63, 3.8) is 0 Å². The molecule has 0 aliphatic rings. The number of nitrogens with one attached hydrogen (secondary N) is 2. The summed E-state index contributed by atoms with van der Waals surface area (Å²) in [6.45, 7) is 4.14. The van der Waals surface area contributed by atoms with Crippen LogP contribution in [-0.4, -0.2) is 26.8 Å². The standard InChI is InChI=1S/C15H26N6O2/c1-3-5-7-9-11(22)17-14-19-13(16)20-15(21-14)18-12(23)10-8-6-4-2/h3-10H2,1-2H3,(H4,16,17,18,19,20,21,22,23). The van der Waals surface area contributed by atoms with E-state index in [1.807, 2.05) is 0 Å². The van der Waals surface area contributed by atoms with Gasteiger partial charge in [0.05, 0.1) is 0 Å². The maximum atomic E-state index is 11.8. The number of aromatic nitrogens is 3. The molecule has 0 spiro atoms. The molecule has 0 radical (unpaired) electrons. The summed E-state index contributed by atoms with van der Waals surface area (Å²) < 4.78 is 0. The zero-order valence-electron chi connectivity index (χ0n) is 13.9. The number of carbonyl (C=O) groups excluding carboxylic acids is 2. The van der Waals surface area contributed by atoms with Gasteiger partial charge in [-0.3, -0.25) is 20.2 Å². The molecule has 1 rings (SSSR count). The third-order valence-corrected chi connectivity index (χ3v) is 3.17. The van der Waals surface area contributed by atoms with Gasteiger partial charge in [-0.1, -0.05) is 39.5 Å². The number of hydrogen-bond donors (Lipinski definition) is 3. The Morgan fingerprint density at radius 1 is 0.826 bits per heavy atom. The number of amides is 2. The van der Waals surface area contributed by atoms with Gasteiger partial charge in [-0.25, -0.2) is 0 Å². The van der Waals surface area contributed by atoms with Gasteiger partial charge >= 0.3 is 0 Å². The second kappa shape index (κ2) is 10.5. The third-order valence-electron chi connectivity index (χ3n) is 3.17. The fourth-order valence-corrected chi connectivity index (χ4v) is 1.95. The first-order chi connectivity index (χ1) is 11.0.